The van der Waals surface area contributed by atoms with Crippen molar-refractivity contribution in [2.45, 2.75) is 37.5 Å². The first-order valence-corrected chi connectivity index (χ1v) is 6.16. The summed E-state index contributed by atoms with van der Waals surface area (Å²) in [6, 6.07) is 0. The molecule has 1 aliphatic carbocycles. The fourth-order valence-corrected chi connectivity index (χ4v) is 2.84. The number of allylic oxidation sites excluding steroid dienone is 2. The number of halogens is 1. The molecule has 12 heavy (non-hydrogen) atoms. The molecule has 0 spiro atoms. The zero-order valence-corrected chi connectivity index (χ0v) is 10.4. The van der Waals surface area contributed by atoms with Crippen molar-refractivity contribution in [2.75, 3.05) is 0 Å². The zero-order valence-electron chi connectivity index (χ0n) is 8.26. The molecular weight excluding hydrogens is 259 g/mol. The van der Waals surface area contributed by atoms with E-state index in [1.165, 1.54) is 12.8 Å². The van der Waals surface area contributed by atoms with Crippen molar-refractivity contribution in [3.8, 4) is 0 Å². The number of rotatable bonds is 2. The molecule has 0 aliphatic heterocycles. The van der Waals surface area contributed by atoms with Crippen molar-refractivity contribution in [3.63, 3.8) is 0 Å². The maximum absolute atomic E-state index is 2.54. The molecule has 1 heteroatoms. The molecule has 0 bridgehead atoms. The highest BCUT2D eigenvalue weighted by Gasteiger charge is 2.22. The molecule has 0 aromatic carbocycles. The van der Waals surface area contributed by atoms with Gasteiger partial charge in [-0.15, -0.1) is 0 Å². The van der Waals surface area contributed by atoms with Crippen molar-refractivity contribution in [3.05, 3.63) is 12.2 Å². The van der Waals surface area contributed by atoms with Crippen molar-refractivity contribution in [1.29, 1.82) is 0 Å². The third-order valence-corrected chi connectivity index (χ3v) is 3.59. The fraction of sp³-hybridized carbons (Fsp3) is 0.818. The second-order valence-electron chi connectivity index (χ2n) is 4.39. The largest absolute Gasteiger partial charge is 0.0844 e. The first-order valence-electron chi connectivity index (χ1n) is 4.92. The highest BCUT2D eigenvalue weighted by molar-refractivity contribution is 14.1. The fourth-order valence-electron chi connectivity index (χ4n) is 1.95. The molecule has 1 rings (SSSR count). The van der Waals surface area contributed by atoms with E-state index in [0.29, 0.717) is 0 Å². The summed E-state index contributed by atoms with van der Waals surface area (Å²) in [6.45, 7) is 7.01. The third-order valence-electron chi connectivity index (χ3n) is 2.67. The first kappa shape index (κ1) is 10.6. The molecule has 0 saturated heterocycles. The second kappa shape index (κ2) is 4.64. The van der Waals surface area contributed by atoms with Crippen LogP contribution in [0, 0.1) is 17.8 Å². The molecular formula is C11H19I. The highest BCUT2D eigenvalue weighted by atomic mass is 127. The van der Waals surface area contributed by atoms with Gasteiger partial charge in [0.05, 0.1) is 0 Å². The van der Waals surface area contributed by atoms with Crippen molar-refractivity contribution < 1.29 is 0 Å². The van der Waals surface area contributed by atoms with Gasteiger partial charge in [-0.1, -0.05) is 55.5 Å². The van der Waals surface area contributed by atoms with Crippen LogP contribution in [0.4, 0.5) is 0 Å². The standard InChI is InChI=1S/C11H19I/c1-8(2)6-10-7-11(12)5-4-9(10)3/h4-5,8-11H,6-7H2,1-3H3. The molecule has 70 valence electrons. The summed E-state index contributed by atoms with van der Waals surface area (Å²) in [5, 5.41) is 0. The minimum Gasteiger partial charge on any atom is -0.0844 e. The van der Waals surface area contributed by atoms with E-state index >= 15 is 0 Å². The van der Waals surface area contributed by atoms with Gasteiger partial charge < -0.3 is 0 Å². The second-order valence-corrected chi connectivity index (χ2v) is 5.99. The van der Waals surface area contributed by atoms with Gasteiger partial charge in [0.2, 0.25) is 0 Å². The molecule has 0 aromatic heterocycles. The Hall–Kier alpha value is 0.470. The van der Waals surface area contributed by atoms with Crippen LogP contribution in [0.1, 0.15) is 33.6 Å². The number of hydrogen-bond acceptors (Lipinski definition) is 0. The van der Waals surface area contributed by atoms with Crippen LogP contribution in [0.15, 0.2) is 12.2 Å². The van der Waals surface area contributed by atoms with Crippen molar-refractivity contribution in [1.82, 2.24) is 0 Å². The molecule has 3 atom stereocenters. The van der Waals surface area contributed by atoms with E-state index in [9.17, 15) is 0 Å². The Balaban J connectivity index is 2.48. The lowest BCUT2D eigenvalue weighted by Crippen LogP contribution is -2.20. The minimum absolute atomic E-state index is 0.780. The van der Waals surface area contributed by atoms with E-state index in [1.54, 1.807) is 0 Å². The van der Waals surface area contributed by atoms with Gasteiger partial charge in [-0.05, 0) is 30.6 Å². The van der Waals surface area contributed by atoms with E-state index in [0.717, 1.165) is 21.7 Å². The summed E-state index contributed by atoms with van der Waals surface area (Å²) in [5.41, 5.74) is 0. The van der Waals surface area contributed by atoms with Gasteiger partial charge in [-0.25, -0.2) is 0 Å². The van der Waals surface area contributed by atoms with E-state index in [1.807, 2.05) is 0 Å². The van der Waals surface area contributed by atoms with Crippen LogP contribution in [-0.4, -0.2) is 3.92 Å². The molecule has 3 unspecified atom stereocenters. The quantitative estimate of drug-likeness (QED) is 0.406. The predicted molar refractivity (Wildman–Crippen MR) is 63.7 cm³/mol. The van der Waals surface area contributed by atoms with Crippen LogP contribution in [0.25, 0.3) is 0 Å². The van der Waals surface area contributed by atoms with Gasteiger partial charge in [0.25, 0.3) is 0 Å². The van der Waals surface area contributed by atoms with E-state index in [4.69, 9.17) is 0 Å². The summed E-state index contributed by atoms with van der Waals surface area (Å²) in [4.78, 5) is 0. The molecule has 0 radical (unpaired) electrons. The Morgan fingerprint density at radius 1 is 1.42 bits per heavy atom. The van der Waals surface area contributed by atoms with Crippen molar-refractivity contribution >= 4 is 22.6 Å². The summed E-state index contributed by atoms with van der Waals surface area (Å²) < 4.78 is 0.780. The van der Waals surface area contributed by atoms with Gasteiger partial charge in [0.15, 0.2) is 0 Å². The van der Waals surface area contributed by atoms with Crippen LogP contribution < -0.4 is 0 Å². The Labute approximate surface area is 90.0 Å². The van der Waals surface area contributed by atoms with Crippen LogP contribution in [0.5, 0.6) is 0 Å². The van der Waals surface area contributed by atoms with Crippen molar-refractivity contribution in [2.24, 2.45) is 17.8 Å². The monoisotopic (exact) mass is 278 g/mol. The maximum atomic E-state index is 2.54. The van der Waals surface area contributed by atoms with Gasteiger partial charge in [0, 0.05) is 3.92 Å². The maximum Gasteiger partial charge on any atom is 0.0292 e. The Kier molecular flexibility index (Phi) is 4.08. The Morgan fingerprint density at radius 2 is 2.08 bits per heavy atom. The summed E-state index contributed by atoms with van der Waals surface area (Å²) in [6.07, 6.45) is 7.54. The highest BCUT2D eigenvalue weighted by Crippen LogP contribution is 2.32. The Morgan fingerprint density at radius 3 is 2.67 bits per heavy atom. The predicted octanol–water partition coefficient (Wildman–Crippen LogP) is 4.05. The lowest BCUT2D eigenvalue weighted by molar-refractivity contribution is 0.318. The normalized spacial score (nSPS) is 35.9. The summed E-state index contributed by atoms with van der Waals surface area (Å²) >= 11 is 2.54. The van der Waals surface area contributed by atoms with Crippen LogP contribution in [0.3, 0.4) is 0 Å². The third kappa shape index (κ3) is 3.08. The van der Waals surface area contributed by atoms with Crippen LogP contribution >= 0.6 is 22.6 Å². The zero-order chi connectivity index (χ0) is 9.14. The average molecular weight is 278 g/mol. The minimum atomic E-state index is 0.780. The van der Waals surface area contributed by atoms with Gasteiger partial charge in [0.1, 0.15) is 0 Å². The smallest absolute Gasteiger partial charge is 0.0292 e. The van der Waals surface area contributed by atoms with Gasteiger partial charge >= 0.3 is 0 Å². The summed E-state index contributed by atoms with van der Waals surface area (Å²) in [5.74, 6) is 2.59. The number of alkyl halides is 1. The van der Waals surface area contributed by atoms with Crippen LogP contribution in [-0.2, 0) is 0 Å². The SMILES string of the molecule is CC(C)CC1CC(I)C=CC1C. The lowest BCUT2D eigenvalue weighted by Gasteiger charge is -2.28. The van der Waals surface area contributed by atoms with E-state index in [-0.39, 0.29) is 0 Å². The molecule has 0 heterocycles. The van der Waals surface area contributed by atoms with Gasteiger partial charge in [-0.3, -0.25) is 0 Å². The van der Waals surface area contributed by atoms with E-state index < -0.39 is 0 Å². The molecule has 0 N–H and O–H groups in total. The average Bonchev–Trinajstić information content (AvgIpc) is 1.96. The molecule has 0 saturated carbocycles. The summed E-state index contributed by atoms with van der Waals surface area (Å²) in [7, 11) is 0. The lowest BCUT2D eigenvalue weighted by atomic mass is 9.80. The van der Waals surface area contributed by atoms with E-state index in [2.05, 4.69) is 55.5 Å². The number of hydrogen-bond donors (Lipinski definition) is 0. The Bertz CT molecular complexity index is 160. The molecule has 1 aliphatic rings. The molecule has 0 fully saturated rings. The molecule has 0 nitrogen and oxygen atoms in total. The van der Waals surface area contributed by atoms with Gasteiger partial charge in [-0.2, -0.15) is 0 Å². The topological polar surface area (TPSA) is 0 Å². The first-order chi connectivity index (χ1) is 5.59. The molecule has 0 aromatic rings. The van der Waals surface area contributed by atoms with Crippen LogP contribution in [0.2, 0.25) is 0 Å². The molecule has 0 amide bonds.